The average molecular weight is 182 g/mol. The Balaban J connectivity index is 3.10. The summed E-state index contributed by atoms with van der Waals surface area (Å²) in [4.78, 5) is 2.01. The Kier molecular flexibility index (Phi) is 2.77. The van der Waals surface area contributed by atoms with E-state index in [0.29, 0.717) is 0 Å². The summed E-state index contributed by atoms with van der Waals surface area (Å²) >= 11 is 5.98. The quantitative estimate of drug-likeness (QED) is 0.678. The van der Waals surface area contributed by atoms with Crippen molar-refractivity contribution < 1.29 is 0 Å². The molecule has 0 radical (unpaired) electrons. The minimum Gasteiger partial charge on any atom is -0.378 e. The fourth-order valence-electron chi connectivity index (χ4n) is 0.960. The lowest BCUT2D eigenvalue weighted by molar-refractivity contribution is 1.13. The molecule has 12 heavy (non-hydrogen) atoms. The van der Waals surface area contributed by atoms with Crippen LogP contribution in [0.4, 0.5) is 5.69 Å². The molecule has 0 aromatic heterocycles. The van der Waals surface area contributed by atoms with Gasteiger partial charge in [0.25, 0.3) is 0 Å². The summed E-state index contributed by atoms with van der Waals surface area (Å²) in [6.45, 7) is 3.67. The number of hydrogen-bond donors (Lipinski definition) is 0. The highest BCUT2D eigenvalue weighted by atomic mass is 35.5. The average Bonchev–Trinajstić information content (AvgIpc) is 2.04. The number of rotatable bonds is 2. The van der Waals surface area contributed by atoms with Crippen LogP contribution in [-0.4, -0.2) is 14.1 Å². The summed E-state index contributed by atoms with van der Waals surface area (Å²) in [5, 5.41) is 0.746. The van der Waals surface area contributed by atoms with E-state index in [1.807, 2.05) is 37.2 Å². The Hall–Kier alpha value is -0.950. The van der Waals surface area contributed by atoms with Crippen molar-refractivity contribution in [2.45, 2.75) is 0 Å². The van der Waals surface area contributed by atoms with Crippen LogP contribution in [0.5, 0.6) is 0 Å². The van der Waals surface area contributed by atoms with Crippen LogP contribution in [0.3, 0.4) is 0 Å². The van der Waals surface area contributed by atoms with Crippen LogP contribution in [0.15, 0.2) is 24.8 Å². The molecule has 1 rings (SSSR count). The number of anilines is 1. The summed E-state index contributed by atoms with van der Waals surface area (Å²) in [5.41, 5.74) is 2.08. The smallest absolute Gasteiger partial charge is 0.0498 e. The molecule has 0 atom stereocenters. The van der Waals surface area contributed by atoms with Crippen LogP contribution in [0, 0.1) is 0 Å². The van der Waals surface area contributed by atoms with Crippen LogP contribution in [0.2, 0.25) is 5.02 Å². The van der Waals surface area contributed by atoms with Gasteiger partial charge in [0, 0.05) is 24.8 Å². The lowest BCUT2D eigenvalue weighted by Crippen LogP contribution is -2.08. The van der Waals surface area contributed by atoms with Crippen molar-refractivity contribution in [3.8, 4) is 0 Å². The fraction of sp³-hybridized carbons (Fsp3) is 0.200. The summed E-state index contributed by atoms with van der Waals surface area (Å²) in [7, 11) is 3.97. The standard InChI is InChI=1S/C10H12ClN/c1-4-8-5-6-9(12(2)3)7-10(8)11/h4-7H,1H2,2-3H3. The van der Waals surface area contributed by atoms with Gasteiger partial charge in [-0.15, -0.1) is 0 Å². The van der Waals surface area contributed by atoms with Crippen molar-refractivity contribution in [1.82, 2.24) is 0 Å². The van der Waals surface area contributed by atoms with Crippen molar-refractivity contribution in [3.63, 3.8) is 0 Å². The van der Waals surface area contributed by atoms with E-state index in [1.165, 1.54) is 0 Å². The number of nitrogens with zero attached hydrogens (tertiary/aromatic N) is 1. The van der Waals surface area contributed by atoms with Gasteiger partial charge in [0.1, 0.15) is 0 Å². The molecule has 0 saturated carbocycles. The first kappa shape index (κ1) is 9.14. The minimum absolute atomic E-state index is 0.746. The van der Waals surface area contributed by atoms with Crippen molar-refractivity contribution in [2.24, 2.45) is 0 Å². The van der Waals surface area contributed by atoms with Crippen molar-refractivity contribution in [1.29, 1.82) is 0 Å². The van der Waals surface area contributed by atoms with Crippen LogP contribution < -0.4 is 4.90 Å². The molecule has 64 valence electrons. The van der Waals surface area contributed by atoms with Crippen molar-refractivity contribution in [3.05, 3.63) is 35.4 Å². The van der Waals surface area contributed by atoms with E-state index in [4.69, 9.17) is 11.6 Å². The Labute approximate surface area is 78.3 Å². The van der Waals surface area contributed by atoms with E-state index in [9.17, 15) is 0 Å². The molecule has 0 fully saturated rings. The first-order valence-corrected chi connectivity index (χ1v) is 4.12. The number of benzene rings is 1. The van der Waals surface area contributed by atoms with Crippen LogP contribution in [-0.2, 0) is 0 Å². The third-order valence-corrected chi connectivity index (χ3v) is 2.05. The Morgan fingerprint density at radius 2 is 2.08 bits per heavy atom. The Bertz CT molecular complexity index is 292. The van der Waals surface area contributed by atoms with E-state index in [0.717, 1.165) is 16.3 Å². The van der Waals surface area contributed by atoms with Gasteiger partial charge in [0.05, 0.1) is 0 Å². The van der Waals surface area contributed by atoms with Gasteiger partial charge in [0.2, 0.25) is 0 Å². The summed E-state index contributed by atoms with van der Waals surface area (Å²) in [5.74, 6) is 0. The van der Waals surface area contributed by atoms with Gasteiger partial charge in [-0.1, -0.05) is 30.3 Å². The molecule has 0 amide bonds. The molecule has 0 N–H and O–H groups in total. The molecule has 0 bridgehead atoms. The van der Waals surface area contributed by atoms with E-state index in [2.05, 4.69) is 6.58 Å². The second kappa shape index (κ2) is 3.63. The molecule has 0 heterocycles. The van der Waals surface area contributed by atoms with Crippen molar-refractivity contribution in [2.75, 3.05) is 19.0 Å². The zero-order valence-corrected chi connectivity index (χ0v) is 8.10. The normalized spacial score (nSPS) is 9.58. The topological polar surface area (TPSA) is 3.24 Å². The van der Waals surface area contributed by atoms with Gasteiger partial charge in [-0.2, -0.15) is 0 Å². The highest BCUT2D eigenvalue weighted by molar-refractivity contribution is 6.32. The van der Waals surface area contributed by atoms with Gasteiger partial charge in [-0.3, -0.25) is 0 Å². The van der Waals surface area contributed by atoms with Gasteiger partial charge in [-0.25, -0.2) is 0 Å². The first-order chi connectivity index (χ1) is 5.65. The molecular weight excluding hydrogens is 170 g/mol. The number of halogens is 1. The molecule has 0 aliphatic rings. The van der Waals surface area contributed by atoms with Crippen molar-refractivity contribution >= 4 is 23.4 Å². The molecule has 1 aromatic carbocycles. The molecule has 0 spiro atoms. The van der Waals surface area contributed by atoms with Gasteiger partial charge in [0.15, 0.2) is 0 Å². The first-order valence-electron chi connectivity index (χ1n) is 3.74. The molecule has 2 heteroatoms. The lowest BCUT2D eigenvalue weighted by atomic mass is 10.2. The van der Waals surface area contributed by atoms with E-state index < -0.39 is 0 Å². The Morgan fingerprint density at radius 3 is 2.50 bits per heavy atom. The lowest BCUT2D eigenvalue weighted by Gasteiger charge is -2.12. The zero-order chi connectivity index (χ0) is 9.14. The largest absolute Gasteiger partial charge is 0.378 e. The Morgan fingerprint density at radius 1 is 1.42 bits per heavy atom. The fourth-order valence-corrected chi connectivity index (χ4v) is 1.21. The predicted molar refractivity (Wildman–Crippen MR) is 55.9 cm³/mol. The second-order valence-corrected chi connectivity index (χ2v) is 3.21. The maximum absolute atomic E-state index is 5.98. The monoisotopic (exact) mass is 181 g/mol. The van der Waals surface area contributed by atoms with E-state index in [-0.39, 0.29) is 0 Å². The molecule has 1 aromatic rings. The highest BCUT2D eigenvalue weighted by Gasteiger charge is 1.99. The van der Waals surface area contributed by atoms with Crippen LogP contribution in [0.25, 0.3) is 6.08 Å². The summed E-state index contributed by atoms with van der Waals surface area (Å²) in [6, 6.07) is 5.91. The molecule has 1 nitrogen and oxygen atoms in total. The molecule has 0 aliphatic carbocycles. The SMILES string of the molecule is C=Cc1ccc(N(C)C)cc1Cl. The van der Waals surface area contributed by atoms with Crippen LogP contribution >= 0.6 is 11.6 Å². The third kappa shape index (κ3) is 1.80. The van der Waals surface area contributed by atoms with Crippen LogP contribution in [0.1, 0.15) is 5.56 Å². The van der Waals surface area contributed by atoms with Gasteiger partial charge < -0.3 is 4.90 Å². The summed E-state index contributed by atoms with van der Waals surface area (Å²) in [6.07, 6.45) is 1.75. The second-order valence-electron chi connectivity index (χ2n) is 2.80. The number of hydrogen-bond acceptors (Lipinski definition) is 1. The third-order valence-electron chi connectivity index (χ3n) is 1.72. The molecule has 0 unspecified atom stereocenters. The molecule has 0 saturated heterocycles. The molecular formula is C10H12ClN. The van der Waals surface area contributed by atoms with Gasteiger partial charge in [-0.05, 0) is 17.7 Å². The maximum Gasteiger partial charge on any atom is 0.0498 e. The summed E-state index contributed by atoms with van der Waals surface area (Å²) < 4.78 is 0. The maximum atomic E-state index is 5.98. The highest BCUT2D eigenvalue weighted by Crippen LogP contribution is 2.22. The molecule has 0 aliphatic heterocycles. The minimum atomic E-state index is 0.746. The van der Waals surface area contributed by atoms with Gasteiger partial charge >= 0.3 is 0 Å². The van der Waals surface area contributed by atoms with E-state index in [1.54, 1.807) is 6.08 Å². The zero-order valence-electron chi connectivity index (χ0n) is 7.34. The van der Waals surface area contributed by atoms with E-state index >= 15 is 0 Å². The predicted octanol–water partition coefficient (Wildman–Crippen LogP) is 3.05.